The molecule has 19 heteroatoms. The number of Topliss-reactive ketones (excluding diaryl/α,β-unsaturated/α-hetero) is 1. The van der Waals surface area contributed by atoms with Gasteiger partial charge in [-0.1, -0.05) is 91.9 Å². The molecule has 9 aliphatic rings. The van der Waals surface area contributed by atoms with Crippen molar-refractivity contribution in [2.24, 2.45) is 39.4 Å². The predicted molar refractivity (Wildman–Crippen MR) is 317 cm³/mol. The molecule has 4 aromatic carbocycles. The zero-order valence-corrected chi connectivity index (χ0v) is 48.6. The standard InChI is InChI=1S/C68H71N5O14/c1-64-27-26-48(75)29-45(64)18-21-49-50-30-55-68(54(77)35-74,65(50,2)32-53(76)60(49)64)87-62(86-55)67-37-66(38-67,39-67)31-41-8-7-12-47(28-41)71-63(84)85-36-40-14-19-46(20-15-40)70-61(83)51(22-25-59(81)82)72-57(79)33-69-56(78)23-24-58(80)73-34-44-11-4-3-9-42(44)16-17-43-10-5-6-13-52(43)73/h3-15,19-20,26-29,49-51,53,55,60,62,74,76H,18,21-25,30-39H2,1-2H3,(H,69,78)(H,70,83)(H,71,84)(H,72,79)(H,81,82)/t49-,50-,51-,53-,55+,60+,62-,64-,65-,66?,67?,68+/m0/s1. The number of carboxylic acid groups (broad SMARTS) is 1. The number of nitrogens with zero attached hydrogens (tertiary/aromatic N) is 1. The molecule has 13 rings (SSSR count). The summed E-state index contributed by atoms with van der Waals surface area (Å²) in [5.41, 5.74) is 3.61. The summed E-state index contributed by atoms with van der Waals surface area (Å²) in [5, 5.41) is 42.4. The Morgan fingerprint density at radius 1 is 0.839 bits per heavy atom. The van der Waals surface area contributed by atoms with E-state index >= 15 is 0 Å². The van der Waals surface area contributed by atoms with Crippen molar-refractivity contribution in [1.82, 2.24) is 10.6 Å². The fraction of sp³-hybridized carbons (Fsp3) is 0.441. The van der Waals surface area contributed by atoms with Gasteiger partial charge in [0.1, 0.15) is 19.3 Å². The first-order chi connectivity index (χ1) is 41.7. The van der Waals surface area contributed by atoms with Gasteiger partial charge in [0.2, 0.25) is 23.6 Å². The monoisotopic (exact) mass is 1180 g/mol. The summed E-state index contributed by atoms with van der Waals surface area (Å²) in [6.45, 7) is 3.12. The van der Waals surface area contributed by atoms with Crippen LogP contribution in [0, 0.1) is 51.3 Å². The van der Waals surface area contributed by atoms with Gasteiger partial charge in [-0.3, -0.25) is 38.9 Å². The Bertz CT molecular complexity index is 3600. The molecule has 1 saturated heterocycles. The van der Waals surface area contributed by atoms with Gasteiger partial charge < -0.3 is 50.4 Å². The van der Waals surface area contributed by atoms with Crippen molar-refractivity contribution in [1.29, 1.82) is 0 Å². The van der Waals surface area contributed by atoms with Crippen LogP contribution in [-0.4, -0.2) is 106 Å². The van der Waals surface area contributed by atoms with Gasteiger partial charge in [0, 0.05) is 63.9 Å². The first kappa shape index (κ1) is 59.1. The molecule has 2 heterocycles. The van der Waals surface area contributed by atoms with Crippen molar-refractivity contribution in [3.8, 4) is 11.8 Å². The summed E-state index contributed by atoms with van der Waals surface area (Å²) in [6.07, 6.45) is 7.33. The molecule has 7 N–H and O–H groups in total. The molecule has 6 saturated carbocycles. The number of anilines is 3. The second kappa shape index (κ2) is 23.1. The topological polar surface area (TPSA) is 276 Å². The first-order valence-electron chi connectivity index (χ1n) is 30.0. The molecule has 0 unspecified atom stereocenters. The fourth-order valence-corrected chi connectivity index (χ4v) is 16.5. The highest BCUT2D eigenvalue weighted by Crippen LogP contribution is 2.79. The molecule has 7 aliphatic carbocycles. The van der Waals surface area contributed by atoms with Crippen LogP contribution in [0.15, 0.2) is 121 Å². The van der Waals surface area contributed by atoms with E-state index in [1.807, 2.05) is 66.7 Å². The minimum Gasteiger partial charge on any atom is -0.481 e. The van der Waals surface area contributed by atoms with Gasteiger partial charge in [0.15, 0.2) is 23.5 Å². The number of fused-ring (bicyclic) bond motifs is 9. The van der Waals surface area contributed by atoms with E-state index in [9.17, 15) is 53.7 Å². The highest BCUT2D eigenvalue weighted by atomic mass is 16.7. The van der Waals surface area contributed by atoms with Crippen LogP contribution in [0.5, 0.6) is 0 Å². The van der Waals surface area contributed by atoms with Gasteiger partial charge in [0.05, 0.1) is 31.0 Å². The Morgan fingerprint density at radius 2 is 1.59 bits per heavy atom. The summed E-state index contributed by atoms with van der Waals surface area (Å²) in [4.78, 5) is 106. The molecule has 0 spiro atoms. The van der Waals surface area contributed by atoms with Crippen LogP contribution in [0.1, 0.15) is 112 Å². The number of aliphatic carboxylic acids is 1. The lowest BCUT2D eigenvalue weighted by Crippen LogP contribution is -2.69. The van der Waals surface area contributed by atoms with E-state index in [1.165, 1.54) is 0 Å². The third-order valence-electron chi connectivity index (χ3n) is 20.3. The highest BCUT2D eigenvalue weighted by molar-refractivity contribution is 6.01. The Labute approximate surface area is 503 Å². The van der Waals surface area contributed by atoms with Crippen molar-refractivity contribution in [3.05, 3.63) is 149 Å². The van der Waals surface area contributed by atoms with E-state index in [2.05, 4.69) is 47.0 Å². The average molecular weight is 1180 g/mol. The predicted octanol–water partition coefficient (Wildman–Crippen LogP) is 7.21. The number of carbonyl (C=O) groups excluding carboxylic acids is 7. The number of hydrogen-bond donors (Lipinski definition) is 7. The van der Waals surface area contributed by atoms with Crippen LogP contribution in [-0.2, 0) is 67.3 Å². The van der Waals surface area contributed by atoms with E-state index in [1.54, 1.807) is 53.5 Å². The summed E-state index contributed by atoms with van der Waals surface area (Å²) in [6, 6.07) is 27.5. The van der Waals surface area contributed by atoms with E-state index in [4.69, 9.17) is 14.2 Å². The van der Waals surface area contributed by atoms with E-state index < -0.39 is 96.1 Å². The second-order valence-corrected chi connectivity index (χ2v) is 25.7. The van der Waals surface area contributed by atoms with Gasteiger partial charge >= 0.3 is 12.1 Å². The molecule has 87 heavy (non-hydrogen) atoms. The minimum atomic E-state index is -1.39. The molecule has 5 amide bonds. The summed E-state index contributed by atoms with van der Waals surface area (Å²) < 4.78 is 19.4. The second-order valence-electron chi connectivity index (χ2n) is 25.7. The van der Waals surface area contributed by atoms with E-state index in [-0.39, 0.29) is 72.7 Å². The molecular weight excluding hydrogens is 1110 g/mol. The number of carboxylic acids is 1. The quantitative estimate of drug-likeness (QED) is 0.0457. The zero-order chi connectivity index (χ0) is 61.0. The lowest BCUT2D eigenvalue weighted by Gasteiger charge is -2.72. The molecule has 0 aromatic heterocycles. The van der Waals surface area contributed by atoms with Gasteiger partial charge in [-0.2, -0.15) is 0 Å². The average Bonchev–Trinajstić information content (AvgIpc) is 1.61. The largest absolute Gasteiger partial charge is 0.481 e. The molecule has 2 aliphatic heterocycles. The first-order valence-corrected chi connectivity index (χ1v) is 30.0. The Balaban J connectivity index is 0.588. The molecule has 452 valence electrons. The SMILES string of the molecule is C[C@]12C=CC(=O)C=C1CC[C@@H]1[C@@H]2[C@@H](O)C[C@@]2(C)[C@H]1C[C@H]1O[C@H](C34CC(Cc5cccc(NC(=O)OCc6ccc(NC(=O)[C@H](CCC(=O)O)NC(=O)CNC(=O)CCC(=O)N7Cc8ccccc8C#Cc8ccccc87)cc6)c5)(C3)C4)O[C@]12C(=O)CO. The summed E-state index contributed by atoms with van der Waals surface area (Å²) in [5.74, 6) is 2.35. The van der Waals surface area contributed by atoms with Crippen LogP contribution >= 0.6 is 0 Å². The number of carbonyl (C=O) groups is 8. The van der Waals surface area contributed by atoms with E-state index in [0.717, 1.165) is 60.8 Å². The smallest absolute Gasteiger partial charge is 0.411 e. The van der Waals surface area contributed by atoms with Crippen molar-refractivity contribution >= 4 is 64.3 Å². The number of amides is 5. The van der Waals surface area contributed by atoms with Crippen molar-refractivity contribution in [2.45, 2.75) is 134 Å². The number of allylic oxidation sites excluding steroid dienone is 4. The van der Waals surface area contributed by atoms with Crippen molar-refractivity contribution in [3.63, 3.8) is 0 Å². The van der Waals surface area contributed by atoms with Gasteiger partial charge in [0.25, 0.3) is 0 Å². The van der Waals surface area contributed by atoms with Crippen LogP contribution in [0.4, 0.5) is 21.9 Å². The molecule has 0 radical (unpaired) electrons. The lowest BCUT2D eigenvalue weighted by molar-refractivity contribution is -0.323. The third kappa shape index (κ3) is 11.0. The van der Waals surface area contributed by atoms with Crippen LogP contribution < -0.4 is 26.2 Å². The molecular formula is C68H71N5O14. The fourth-order valence-electron chi connectivity index (χ4n) is 16.5. The number of nitrogens with one attached hydrogen (secondary N) is 4. The molecule has 7 fully saturated rings. The maximum Gasteiger partial charge on any atom is 0.411 e. The number of aliphatic hydroxyl groups is 2. The van der Waals surface area contributed by atoms with Gasteiger partial charge in [-0.25, -0.2) is 4.79 Å². The lowest BCUT2D eigenvalue weighted by atomic mass is 9.33. The van der Waals surface area contributed by atoms with Crippen LogP contribution in [0.2, 0.25) is 0 Å². The number of aliphatic hydroxyl groups excluding tert-OH is 2. The van der Waals surface area contributed by atoms with Crippen molar-refractivity contribution < 1.29 is 67.9 Å². The molecule has 10 atom stereocenters. The number of hydrogen-bond acceptors (Lipinski definition) is 13. The summed E-state index contributed by atoms with van der Waals surface area (Å²) in [7, 11) is 0. The molecule has 4 aromatic rings. The normalized spacial score (nSPS) is 30.3. The van der Waals surface area contributed by atoms with Crippen LogP contribution in [0.25, 0.3) is 0 Å². The number of ether oxygens (including phenoxy) is 3. The number of ketones is 2. The number of benzene rings is 4. The van der Waals surface area contributed by atoms with Gasteiger partial charge in [-0.15, -0.1) is 0 Å². The molecule has 19 nitrogen and oxygen atoms in total. The highest BCUT2D eigenvalue weighted by Gasteiger charge is 2.80. The van der Waals surface area contributed by atoms with Gasteiger partial charge in [-0.05, 0) is 146 Å². The maximum atomic E-state index is 14.1. The maximum absolute atomic E-state index is 14.1. The Hall–Kier alpha value is -8.28. The number of rotatable bonds is 19. The van der Waals surface area contributed by atoms with E-state index in [0.29, 0.717) is 41.0 Å². The van der Waals surface area contributed by atoms with Crippen LogP contribution in [0.3, 0.4) is 0 Å². The minimum absolute atomic E-state index is 0.00708. The summed E-state index contributed by atoms with van der Waals surface area (Å²) >= 11 is 0. The van der Waals surface area contributed by atoms with Crippen molar-refractivity contribution in [2.75, 3.05) is 28.7 Å². The Kier molecular flexibility index (Phi) is 15.7. The third-order valence-corrected chi connectivity index (χ3v) is 20.3. The number of para-hydroxylation sites is 1. The zero-order valence-electron chi connectivity index (χ0n) is 48.6. The Morgan fingerprint density at radius 3 is 2.36 bits per heavy atom. The molecule has 2 bridgehead atoms.